The maximum atomic E-state index is 12.7. The van der Waals surface area contributed by atoms with Gasteiger partial charge in [0.1, 0.15) is 24.8 Å². The number of carbonyl (C=O) groups is 1. The Bertz CT molecular complexity index is 1080. The quantitative estimate of drug-likeness (QED) is 0.431. The van der Waals surface area contributed by atoms with Crippen LogP contribution < -0.4 is 5.73 Å². The van der Waals surface area contributed by atoms with Gasteiger partial charge >= 0.3 is 0 Å². The van der Waals surface area contributed by atoms with Crippen molar-refractivity contribution in [1.29, 1.82) is 0 Å². The number of carbonyl (C=O) groups excluding carboxylic acids is 1. The molecule has 5 rings (SSSR count). The summed E-state index contributed by atoms with van der Waals surface area (Å²) in [5, 5.41) is 0.382. The second-order valence-electron chi connectivity index (χ2n) is 7.62. The van der Waals surface area contributed by atoms with E-state index in [4.69, 9.17) is 22.1 Å². The van der Waals surface area contributed by atoms with Gasteiger partial charge in [0.05, 0.1) is 36.0 Å². The highest BCUT2D eigenvalue weighted by molar-refractivity contribution is 7.91. The molecule has 0 radical (unpaired) electrons. The second kappa shape index (κ2) is 10.9. The minimum Gasteiger partial charge on any atom is -0.399 e. The largest absolute Gasteiger partial charge is 0.399 e. The van der Waals surface area contributed by atoms with Gasteiger partial charge in [0.15, 0.2) is 0 Å². The zero-order valence-corrected chi connectivity index (χ0v) is 19.3. The molecule has 3 aromatic rings. The van der Waals surface area contributed by atoms with Crippen LogP contribution >= 0.6 is 23.9 Å². The summed E-state index contributed by atoms with van der Waals surface area (Å²) in [5.74, 6) is -0.0887. The van der Waals surface area contributed by atoms with Crippen LogP contribution in [0.5, 0.6) is 0 Å². The van der Waals surface area contributed by atoms with Gasteiger partial charge in [0.2, 0.25) is 0 Å². The summed E-state index contributed by atoms with van der Waals surface area (Å²) in [6.45, 7) is 2.78. The molecule has 1 aromatic heterocycles. The van der Waals surface area contributed by atoms with E-state index < -0.39 is 0 Å². The lowest BCUT2D eigenvalue weighted by atomic mass is 10.1. The number of anilines is 1. The normalized spacial score (nSPS) is 17.8. The Morgan fingerprint density at radius 3 is 2.76 bits per heavy atom. The van der Waals surface area contributed by atoms with E-state index in [1.54, 1.807) is 33.6 Å². The van der Waals surface area contributed by atoms with Crippen LogP contribution in [0.2, 0.25) is 5.02 Å². The maximum Gasteiger partial charge on any atom is 0.255 e. The average molecular weight is 488 g/mol. The molecular weight excluding hydrogens is 465 g/mol. The fourth-order valence-corrected chi connectivity index (χ4v) is 4.33. The number of rotatable bonds is 3. The third kappa shape index (κ3) is 5.80. The van der Waals surface area contributed by atoms with Gasteiger partial charge in [-0.25, -0.2) is 14.3 Å². The molecule has 0 bridgehead atoms. The smallest absolute Gasteiger partial charge is 0.255 e. The molecule has 1 amide bonds. The van der Waals surface area contributed by atoms with E-state index in [1.807, 2.05) is 30.3 Å². The number of morpholine rings is 1. The summed E-state index contributed by atoms with van der Waals surface area (Å²) in [7, 11) is 0. The highest BCUT2D eigenvalue weighted by Crippen LogP contribution is 2.27. The van der Waals surface area contributed by atoms with E-state index in [0.717, 1.165) is 16.8 Å². The first kappa shape index (κ1) is 23.4. The van der Waals surface area contributed by atoms with Crippen LogP contribution in [-0.2, 0) is 17.8 Å². The Morgan fingerprint density at radius 1 is 1.21 bits per heavy atom. The molecule has 1 atom stereocenters. The molecule has 2 aliphatic rings. The number of ether oxygens (including phenoxy) is 1. The number of aromatic nitrogens is 2. The minimum atomic E-state index is -0.105. The van der Waals surface area contributed by atoms with Crippen molar-refractivity contribution in [3.05, 3.63) is 88.5 Å². The van der Waals surface area contributed by atoms with Crippen LogP contribution in [0, 0.1) is 0 Å². The van der Waals surface area contributed by atoms with Crippen LogP contribution in [0.4, 0.5) is 9.57 Å². The van der Waals surface area contributed by atoms with Crippen LogP contribution in [0.15, 0.2) is 61.1 Å². The SMILES string of the molecule is FSN1Cc2cncnc2C1.Nc1ccc(C(=O)N2CCO[C@@H](c3ccccc3)C2)c(Cl)c1. The lowest BCUT2D eigenvalue weighted by Gasteiger charge is -2.33. The number of nitrogens with zero attached hydrogens (tertiary/aromatic N) is 4. The monoisotopic (exact) mass is 487 g/mol. The van der Waals surface area contributed by atoms with Gasteiger partial charge in [-0.1, -0.05) is 41.9 Å². The molecule has 172 valence electrons. The predicted molar refractivity (Wildman–Crippen MR) is 127 cm³/mol. The van der Waals surface area contributed by atoms with Crippen LogP contribution in [0.1, 0.15) is 33.3 Å². The first-order valence-electron chi connectivity index (χ1n) is 10.4. The Balaban J connectivity index is 0.000000196. The molecule has 1 fully saturated rings. The number of benzene rings is 2. The van der Waals surface area contributed by atoms with E-state index in [0.29, 0.717) is 49.1 Å². The second-order valence-corrected chi connectivity index (χ2v) is 8.68. The zero-order valence-electron chi connectivity index (χ0n) is 17.7. The number of hydrogen-bond acceptors (Lipinski definition) is 7. The molecule has 2 N–H and O–H groups in total. The van der Waals surface area contributed by atoms with Crippen molar-refractivity contribution in [3.63, 3.8) is 0 Å². The molecule has 10 heteroatoms. The lowest BCUT2D eigenvalue weighted by molar-refractivity contribution is -0.0228. The van der Waals surface area contributed by atoms with Crippen molar-refractivity contribution in [2.45, 2.75) is 19.2 Å². The van der Waals surface area contributed by atoms with Gasteiger partial charge in [0.25, 0.3) is 5.91 Å². The summed E-state index contributed by atoms with van der Waals surface area (Å²) in [4.78, 5) is 22.3. The standard InChI is InChI=1S/C17H17ClN2O2.C6H6FN3S/c18-15-10-13(19)6-7-14(15)17(21)20-8-9-22-16(11-20)12-4-2-1-3-5-12;7-11-10-2-5-1-8-4-9-6(5)3-10/h1-7,10,16H,8-9,11,19H2;1,4H,2-3H2/t16-;/m1./s1. The number of fused-ring (bicyclic) bond motifs is 1. The van der Waals surface area contributed by atoms with Gasteiger partial charge in [-0.15, -0.1) is 3.89 Å². The van der Waals surface area contributed by atoms with Crippen molar-refractivity contribution in [1.82, 2.24) is 19.2 Å². The Labute approximate surface area is 201 Å². The summed E-state index contributed by atoms with van der Waals surface area (Å²) >= 11 is 6.39. The van der Waals surface area contributed by atoms with Gasteiger partial charge in [-0.3, -0.25) is 4.79 Å². The predicted octanol–water partition coefficient (Wildman–Crippen LogP) is 4.46. The number of halogens is 2. The molecule has 0 unspecified atom stereocenters. The molecule has 7 nitrogen and oxygen atoms in total. The Kier molecular flexibility index (Phi) is 7.77. The van der Waals surface area contributed by atoms with E-state index in [1.165, 1.54) is 6.33 Å². The summed E-state index contributed by atoms with van der Waals surface area (Å²) in [5.41, 5.74) is 9.73. The molecular formula is C23H23ClFN5O2S. The van der Waals surface area contributed by atoms with Crippen molar-refractivity contribution in [2.24, 2.45) is 0 Å². The van der Waals surface area contributed by atoms with E-state index >= 15 is 0 Å². The molecule has 2 aromatic carbocycles. The van der Waals surface area contributed by atoms with Crippen LogP contribution in [0.3, 0.4) is 0 Å². The molecule has 2 aliphatic heterocycles. The Hall–Kier alpha value is -2.72. The number of amides is 1. The lowest BCUT2D eigenvalue weighted by Crippen LogP contribution is -2.42. The van der Waals surface area contributed by atoms with Gasteiger partial charge < -0.3 is 15.4 Å². The van der Waals surface area contributed by atoms with Crippen molar-refractivity contribution in [3.8, 4) is 0 Å². The highest BCUT2D eigenvalue weighted by Gasteiger charge is 2.27. The number of nitrogens with two attached hydrogens (primary N) is 1. The van der Waals surface area contributed by atoms with Crippen molar-refractivity contribution < 1.29 is 13.4 Å². The summed E-state index contributed by atoms with van der Waals surface area (Å²) in [6.07, 6.45) is 3.12. The van der Waals surface area contributed by atoms with Gasteiger partial charge in [-0.2, -0.15) is 0 Å². The van der Waals surface area contributed by atoms with Crippen LogP contribution in [0.25, 0.3) is 0 Å². The first-order valence-corrected chi connectivity index (χ1v) is 11.4. The molecule has 0 spiro atoms. The fraction of sp³-hybridized carbons (Fsp3) is 0.261. The van der Waals surface area contributed by atoms with Gasteiger partial charge in [-0.05, 0) is 23.8 Å². The van der Waals surface area contributed by atoms with E-state index in [9.17, 15) is 8.68 Å². The molecule has 3 heterocycles. The van der Waals surface area contributed by atoms with Crippen molar-refractivity contribution in [2.75, 3.05) is 25.4 Å². The average Bonchev–Trinajstić information content (AvgIpc) is 3.28. The third-order valence-corrected chi connectivity index (χ3v) is 6.17. The van der Waals surface area contributed by atoms with Crippen molar-refractivity contribution >= 4 is 35.5 Å². The maximum absolute atomic E-state index is 12.7. The molecule has 33 heavy (non-hydrogen) atoms. The van der Waals surface area contributed by atoms with E-state index in [-0.39, 0.29) is 24.3 Å². The fourth-order valence-electron chi connectivity index (χ4n) is 3.70. The summed E-state index contributed by atoms with van der Waals surface area (Å²) < 4.78 is 19.4. The number of nitrogen functional groups attached to an aromatic ring is 1. The first-order chi connectivity index (χ1) is 16.0. The molecule has 0 saturated carbocycles. The third-order valence-electron chi connectivity index (χ3n) is 5.40. The molecule has 1 saturated heterocycles. The van der Waals surface area contributed by atoms with Gasteiger partial charge in [0, 0.05) is 30.5 Å². The zero-order chi connectivity index (χ0) is 23.2. The van der Waals surface area contributed by atoms with Crippen LogP contribution in [-0.4, -0.2) is 44.8 Å². The number of hydrogen-bond donors (Lipinski definition) is 1. The minimum absolute atomic E-state index is 0.0887. The summed E-state index contributed by atoms with van der Waals surface area (Å²) in [6, 6.07) is 14.9. The van der Waals surface area contributed by atoms with E-state index in [2.05, 4.69) is 9.97 Å². The highest BCUT2D eigenvalue weighted by atomic mass is 35.5. The Morgan fingerprint density at radius 2 is 2.03 bits per heavy atom. The topological polar surface area (TPSA) is 84.6 Å². The molecule has 0 aliphatic carbocycles.